The predicted octanol–water partition coefficient (Wildman–Crippen LogP) is 2.49. The predicted molar refractivity (Wildman–Crippen MR) is 88.8 cm³/mol. The summed E-state index contributed by atoms with van der Waals surface area (Å²) in [4.78, 5) is 12.7. The van der Waals surface area contributed by atoms with Crippen LogP contribution in [0.5, 0.6) is 0 Å². The van der Waals surface area contributed by atoms with Crippen molar-refractivity contribution in [3.05, 3.63) is 17.0 Å². The molecule has 3 unspecified atom stereocenters. The Balaban J connectivity index is 1.57. The number of amides is 1. The molecule has 0 saturated heterocycles. The van der Waals surface area contributed by atoms with Gasteiger partial charge in [-0.25, -0.2) is 0 Å². The van der Waals surface area contributed by atoms with Gasteiger partial charge in [-0.05, 0) is 64.7 Å². The third-order valence-corrected chi connectivity index (χ3v) is 5.86. The van der Waals surface area contributed by atoms with Crippen molar-refractivity contribution >= 4 is 5.91 Å². The minimum atomic E-state index is 0.0924. The highest BCUT2D eigenvalue weighted by Gasteiger charge is 2.40. The Hall–Kier alpha value is -1.36. The molecule has 2 aliphatic carbocycles. The summed E-state index contributed by atoms with van der Waals surface area (Å²) >= 11 is 0. The number of rotatable bonds is 4. The number of carbonyl (C=O) groups is 1. The molecule has 2 saturated carbocycles. The number of nitrogens with two attached hydrogens (primary N) is 1. The third-order valence-electron chi connectivity index (χ3n) is 5.86. The number of nitrogens with one attached hydrogen (secondary N) is 1. The molecule has 0 aromatic carbocycles. The van der Waals surface area contributed by atoms with Gasteiger partial charge in [0.15, 0.2) is 0 Å². The average Bonchev–Trinajstić information content (AvgIpc) is 2.78. The first kappa shape index (κ1) is 16.5. The number of aryl methyl sites for hydroxylation is 2. The van der Waals surface area contributed by atoms with Crippen molar-refractivity contribution in [2.24, 2.45) is 23.5 Å². The molecule has 5 heteroatoms. The van der Waals surface area contributed by atoms with Crippen molar-refractivity contribution in [1.29, 1.82) is 0 Å². The van der Waals surface area contributed by atoms with Crippen LogP contribution in [-0.4, -0.2) is 23.1 Å². The minimum absolute atomic E-state index is 0.0924. The summed E-state index contributed by atoms with van der Waals surface area (Å²) in [5, 5.41) is 7.18. The zero-order valence-corrected chi connectivity index (χ0v) is 14.5. The molecule has 5 nitrogen and oxygen atoms in total. The van der Waals surface area contributed by atoms with Crippen LogP contribution in [0.15, 0.2) is 4.52 Å². The number of aromatic nitrogens is 1. The highest BCUT2D eigenvalue weighted by molar-refractivity contribution is 5.79. The summed E-state index contributed by atoms with van der Waals surface area (Å²) in [6.45, 7) is 5.93. The maximum absolute atomic E-state index is 12.7. The standard InChI is InChI=1S/C18H29N3O2/c1-10(7-16-11(2)21-23-12(16)3)20-18(22)15-8-13-5-4-6-14(9-15)17(13)19/h10,13-15,17H,4-9,19H2,1-3H3,(H,20,22). The molecule has 1 aromatic heterocycles. The number of nitrogens with zero attached hydrogens (tertiary/aromatic N) is 1. The lowest BCUT2D eigenvalue weighted by Crippen LogP contribution is -2.50. The first-order valence-corrected chi connectivity index (χ1v) is 8.93. The first-order valence-electron chi connectivity index (χ1n) is 8.93. The van der Waals surface area contributed by atoms with Gasteiger partial charge in [-0.3, -0.25) is 4.79 Å². The van der Waals surface area contributed by atoms with Gasteiger partial charge < -0.3 is 15.6 Å². The van der Waals surface area contributed by atoms with Gasteiger partial charge in [-0.15, -0.1) is 0 Å². The lowest BCUT2D eigenvalue weighted by Gasteiger charge is -2.43. The fraction of sp³-hybridized carbons (Fsp3) is 0.778. The zero-order valence-electron chi connectivity index (χ0n) is 14.5. The van der Waals surface area contributed by atoms with E-state index < -0.39 is 0 Å². The van der Waals surface area contributed by atoms with E-state index in [4.69, 9.17) is 10.3 Å². The van der Waals surface area contributed by atoms with Crippen LogP contribution in [0, 0.1) is 31.6 Å². The summed E-state index contributed by atoms with van der Waals surface area (Å²) < 4.78 is 5.20. The average molecular weight is 319 g/mol. The molecule has 1 heterocycles. The van der Waals surface area contributed by atoms with Crippen molar-refractivity contribution in [1.82, 2.24) is 10.5 Å². The fourth-order valence-electron chi connectivity index (χ4n) is 4.51. The second-order valence-corrected chi connectivity index (χ2v) is 7.61. The molecule has 1 aromatic rings. The number of hydrogen-bond donors (Lipinski definition) is 2. The summed E-state index contributed by atoms with van der Waals surface area (Å²) in [7, 11) is 0. The van der Waals surface area contributed by atoms with E-state index >= 15 is 0 Å². The number of carbonyl (C=O) groups excluding carboxylic acids is 1. The van der Waals surface area contributed by atoms with Crippen LogP contribution in [0.1, 0.15) is 56.0 Å². The molecule has 3 atom stereocenters. The van der Waals surface area contributed by atoms with Crippen LogP contribution >= 0.6 is 0 Å². The number of fused-ring (bicyclic) bond motifs is 2. The second kappa shape index (κ2) is 6.63. The lowest BCUT2D eigenvalue weighted by molar-refractivity contribution is -0.128. The van der Waals surface area contributed by atoms with Gasteiger partial charge in [-0.1, -0.05) is 11.6 Å². The Labute approximate surface area is 138 Å². The molecule has 3 rings (SSSR count). The largest absolute Gasteiger partial charge is 0.361 e. The van der Waals surface area contributed by atoms with Gasteiger partial charge in [0.25, 0.3) is 0 Å². The quantitative estimate of drug-likeness (QED) is 0.893. The van der Waals surface area contributed by atoms with Gasteiger partial charge in [0, 0.05) is 23.6 Å². The van der Waals surface area contributed by atoms with Gasteiger partial charge in [0.05, 0.1) is 5.69 Å². The highest BCUT2D eigenvalue weighted by Crippen LogP contribution is 2.41. The van der Waals surface area contributed by atoms with Crippen molar-refractivity contribution in [2.45, 2.75) is 71.4 Å². The van der Waals surface area contributed by atoms with Crippen molar-refractivity contribution < 1.29 is 9.32 Å². The van der Waals surface area contributed by atoms with E-state index in [-0.39, 0.29) is 17.9 Å². The Bertz CT molecular complexity index is 535. The minimum Gasteiger partial charge on any atom is -0.361 e. The molecular formula is C18H29N3O2. The summed E-state index contributed by atoms with van der Waals surface area (Å²) in [6.07, 6.45) is 6.35. The summed E-state index contributed by atoms with van der Waals surface area (Å²) in [5.74, 6) is 2.26. The van der Waals surface area contributed by atoms with E-state index in [0.717, 1.165) is 36.3 Å². The van der Waals surface area contributed by atoms with E-state index in [1.165, 1.54) is 19.3 Å². The van der Waals surface area contributed by atoms with Gasteiger partial charge in [0.1, 0.15) is 5.76 Å². The molecule has 2 bridgehead atoms. The molecule has 2 aliphatic rings. The van der Waals surface area contributed by atoms with Crippen LogP contribution < -0.4 is 11.1 Å². The van der Waals surface area contributed by atoms with Crippen molar-refractivity contribution in [2.75, 3.05) is 0 Å². The van der Waals surface area contributed by atoms with E-state index in [1.54, 1.807) is 0 Å². The Morgan fingerprint density at radius 3 is 2.57 bits per heavy atom. The maximum Gasteiger partial charge on any atom is 0.223 e. The van der Waals surface area contributed by atoms with E-state index in [2.05, 4.69) is 17.4 Å². The molecule has 23 heavy (non-hydrogen) atoms. The van der Waals surface area contributed by atoms with Crippen LogP contribution in [0.25, 0.3) is 0 Å². The Kier molecular flexibility index (Phi) is 4.76. The van der Waals surface area contributed by atoms with Crippen molar-refractivity contribution in [3.63, 3.8) is 0 Å². The lowest BCUT2D eigenvalue weighted by atomic mass is 9.65. The molecular weight excluding hydrogens is 290 g/mol. The molecule has 3 N–H and O–H groups in total. The molecule has 1 amide bonds. The highest BCUT2D eigenvalue weighted by atomic mass is 16.5. The molecule has 0 aliphatic heterocycles. The molecule has 2 fully saturated rings. The zero-order chi connectivity index (χ0) is 16.6. The van der Waals surface area contributed by atoms with Gasteiger partial charge in [0.2, 0.25) is 5.91 Å². The molecule has 0 spiro atoms. The summed E-state index contributed by atoms with van der Waals surface area (Å²) in [6, 6.07) is 0.405. The smallest absolute Gasteiger partial charge is 0.223 e. The van der Waals surface area contributed by atoms with E-state index in [9.17, 15) is 4.79 Å². The van der Waals surface area contributed by atoms with Crippen molar-refractivity contribution in [3.8, 4) is 0 Å². The van der Waals surface area contributed by atoms with Crippen LogP contribution in [-0.2, 0) is 11.2 Å². The third kappa shape index (κ3) is 3.44. The second-order valence-electron chi connectivity index (χ2n) is 7.61. The SMILES string of the molecule is Cc1noc(C)c1CC(C)NC(=O)C1CC2CCCC(C1)C2N. The van der Waals surface area contributed by atoms with Crippen LogP contribution in [0.2, 0.25) is 0 Å². The monoisotopic (exact) mass is 319 g/mol. The van der Waals surface area contributed by atoms with Crippen LogP contribution in [0.3, 0.4) is 0 Å². The fourth-order valence-corrected chi connectivity index (χ4v) is 4.51. The number of hydrogen-bond acceptors (Lipinski definition) is 4. The van der Waals surface area contributed by atoms with Gasteiger partial charge in [-0.2, -0.15) is 0 Å². The topological polar surface area (TPSA) is 81.2 Å². The van der Waals surface area contributed by atoms with E-state index in [0.29, 0.717) is 17.9 Å². The van der Waals surface area contributed by atoms with E-state index in [1.807, 2.05) is 13.8 Å². The molecule has 0 radical (unpaired) electrons. The first-order chi connectivity index (χ1) is 11.0. The molecule has 128 valence electrons. The van der Waals surface area contributed by atoms with Crippen LogP contribution in [0.4, 0.5) is 0 Å². The normalized spacial score (nSPS) is 31.7. The summed E-state index contributed by atoms with van der Waals surface area (Å²) in [5.41, 5.74) is 8.35. The Morgan fingerprint density at radius 2 is 2.00 bits per heavy atom. The van der Waals surface area contributed by atoms with Gasteiger partial charge >= 0.3 is 0 Å². The Morgan fingerprint density at radius 1 is 1.35 bits per heavy atom. The maximum atomic E-state index is 12.7.